The Morgan fingerprint density at radius 2 is 1.77 bits per heavy atom. The van der Waals surface area contributed by atoms with Crippen LogP contribution < -0.4 is 4.74 Å². The number of benzene rings is 3. The molecule has 0 saturated heterocycles. The van der Waals surface area contributed by atoms with E-state index in [1.807, 2.05) is 24.3 Å². The Kier molecular flexibility index (Phi) is 4.99. The maximum absolute atomic E-state index is 11.5. The van der Waals surface area contributed by atoms with Gasteiger partial charge >= 0.3 is 5.97 Å². The van der Waals surface area contributed by atoms with E-state index < -0.39 is 5.97 Å². The molecule has 4 nitrogen and oxygen atoms in total. The van der Waals surface area contributed by atoms with Crippen LogP contribution in [0, 0.1) is 0 Å². The molecular formula is C27H25NO3. The van der Waals surface area contributed by atoms with Crippen molar-refractivity contribution in [3.8, 4) is 28.1 Å². The number of carboxylic acid groups (broad SMARTS) is 1. The van der Waals surface area contributed by atoms with Gasteiger partial charge in [-0.1, -0.05) is 48.5 Å². The van der Waals surface area contributed by atoms with E-state index in [2.05, 4.69) is 53.1 Å². The monoisotopic (exact) mass is 411 g/mol. The topological polar surface area (TPSA) is 51.5 Å². The molecular weight excluding hydrogens is 386 g/mol. The average Bonchev–Trinajstić information content (AvgIpc) is 3.60. The first-order valence-corrected chi connectivity index (χ1v) is 10.7. The Morgan fingerprint density at radius 1 is 1.00 bits per heavy atom. The molecule has 31 heavy (non-hydrogen) atoms. The second kappa shape index (κ2) is 7.95. The van der Waals surface area contributed by atoms with Crippen LogP contribution in [-0.4, -0.2) is 22.8 Å². The SMILES string of the molecule is COc1cccc(-c2c(-c3ccccc3)c3cc(C4CC4)ccc3n2CCC(=O)O)c1. The molecule has 0 amide bonds. The number of methoxy groups -OCH3 is 1. The minimum atomic E-state index is -0.797. The molecule has 1 N–H and O–H groups in total. The summed E-state index contributed by atoms with van der Waals surface area (Å²) >= 11 is 0. The normalized spacial score (nSPS) is 13.5. The second-order valence-corrected chi connectivity index (χ2v) is 8.17. The Hall–Kier alpha value is -3.53. The number of rotatable bonds is 7. The van der Waals surface area contributed by atoms with Crippen LogP contribution in [-0.2, 0) is 11.3 Å². The van der Waals surface area contributed by atoms with Gasteiger partial charge in [-0.3, -0.25) is 4.79 Å². The lowest BCUT2D eigenvalue weighted by Gasteiger charge is -2.13. The van der Waals surface area contributed by atoms with E-state index in [4.69, 9.17) is 4.74 Å². The molecule has 1 saturated carbocycles. The predicted molar refractivity (Wildman–Crippen MR) is 124 cm³/mol. The second-order valence-electron chi connectivity index (χ2n) is 8.17. The first kappa shape index (κ1) is 19.4. The van der Waals surface area contributed by atoms with Gasteiger partial charge in [0.1, 0.15) is 5.75 Å². The molecule has 4 aromatic rings. The zero-order valence-electron chi connectivity index (χ0n) is 17.5. The molecule has 0 aliphatic heterocycles. The van der Waals surface area contributed by atoms with Gasteiger partial charge in [-0.05, 0) is 54.2 Å². The van der Waals surface area contributed by atoms with Crippen LogP contribution >= 0.6 is 0 Å². The van der Waals surface area contributed by atoms with Gasteiger partial charge in [-0.2, -0.15) is 0 Å². The summed E-state index contributed by atoms with van der Waals surface area (Å²) in [4.78, 5) is 11.5. The van der Waals surface area contributed by atoms with Gasteiger partial charge in [-0.25, -0.2) is 0 Å². The third kappa shape index (κ3) is 3.70. The molecule has 0 unspecified atom stereocenters. The van der Waals surface area contributed by atoms with Crippen molar-refractivity contribution in [1.82, 2.24) is 4.57 Å². The first-order valence-electron chi connectivity index (χ1n) is 10.7. The molecule has 3 aromatic carbocycles. The van der Waals surface area contributed by atoms with E-state index in [9.17, 15) is 9.90 Å². The van der Waals surface area contributed by atoms with Crippen LogP contribution in [0.3, 0.4) is 0 Å². The average molecular weight is 412 g/mol. The van der Waals surface area contributed by atoms with E-state index in [1.54, 1.807) is 7.11 Å². The molecule has 1 heterocycles. The summed E-state index contributed by atoms with van der Waals surface area (Å²) in [6.07, 6.45) is 2.56. The lowest BCUT2D eigenvalue weighted by atomic mass is 9.97. The third-order valence-corrected chi connectivity index (χ3v) is 6.09. The molecule has 0 atom stereocenters. The lowest BCUT2D eigenvalue weighted by Crippen LogP contribution is -2.06. The Balaban J connectivity index is 1.83. The predicted octanol–water partition coefficient (Wildman–Crippen LogP) is 6.34. The fourth-order valence-corrected chi connectivity index (χ4v) is 4.45. The van der Waals surface area contributed by atoms with Crippen LogP contribution in [0.5, 0.6) is 5.75 Å². The summed E-state index contributed by atoms with van der Waals surface area (Å²) in [6, 6.07) is 25.1. The van der Waals surface area contributed by atoms with E-state index in [0.29, 0.717) is 12.5 Å². The molecule has 5 rings (SSSR count). The van der Waals surface area contributed by atoms with Gasteiger partial charge in [0.15, 0.2) is 0 Å². The number of ether oxygens (including phenoxy) is 1. The van der Waals surface area contributed by atoms with Crippen LogP contribution in [0.1, 0.15) is 30.7 Å². The lowest BCUT2D eigenvalue weighted by molar-refractivity contribution is -0.137. The number of fused-ring (bicyclic) bond motifs is 1. The van der Waals surface area contributed by atoms with Gasteiger partial charge in [0.05, 0.1) is 19.2 Å². The van der Waals surface area contributed by atoms with E-state index >= 15 is 0 Å². The van der Waals surface area contributed by atoms with Gasteiger partial charge < -0.3 is 14.4 Å². The number of aromatic nitrogens is 1. The number of aliphatic carboxylic acids is 1. The molecule has 1 aliphatic rings. The number of hydrogen-bond donors (Lipinski definition) is 1. The summed E-state index contributed by atoms with van der Waals surface area (Å²) in [5.74, 6) is 0.634. The smallest absolute Gasteiger partial charge is 0.305 e. The van der Waals surface area contributed by atoms with Gasteiger partial charge in [0, 0.05) is 28.6 Å². The van der Waals surface area contributed by atoms with Crippen molar-refractivity contribution in [2.75, 3.05) is 7.11 Å². The van der Waals surface area contributed by atoms with Gasteiger partial charge in [0.2, 0.25) is 0 Å². The van der Waals surface area contributed by atoms with Crippen molar-refractivity contribution < 1.29 is 14.6 Å². The van der Waals surface area contributed by atoms with Crippen molar-refractivity contribution in [2.45, 2.75) is 31.7 Å². The molecule has 0 bridgehead atoms. The number of carboxylic acids is 1. The van der Waals surface area contributed by atoms with E-state index in [0.717, 1.165) is 33.7 Å². The summed E-state index contributed by atoms with van der Waals surface area (Å²) < 4.78 is 7.65. The molecule has 1 aromatic heterocycles. The highest BCUT2D eigenvalue weighted by atomic mass is 16.5. The highest BCUT2D eigenvalue weighted by Gasteiger charge is 2.26. The molecule has 0 radical (unpaired) electrons. The van der Waals surface area contributed by atoms with Crippen LogP contribution in [0.15, 0.2) is 72.8 Å². The standard InChI is InChI=1S/C27H25NO3/c1-31-22-9-5-8-21(16-22)27-26(19-6-3-2-4-7-19)23-17-20(18-10-11-18)12-13-24(23)28(27)15-14-25(29)30/h2-9,12-13,16-18H,10-11,14-15H2,1H3,(H,29,30). The van der Waals surface area contributed by atoms with Gasteiger partial charge in [-0.15, -0.1) is 0 Å². The Labute approximate surface area is 181 Å². The fourth-order valence-electron chi connectivity index (χ4n) is 4.45. The van der Waals surface area contributed by atoms with E-state index in [-0.39, 0.29) is 6.42 Å². The van der Waals surface area contributed by atoms with Crippen molar-refractivity contribution in [1.29, 1.82) is 0 Å². The van der Waals surface area contributed by atoms with Crippen LogP contribution in [0.2, 0.25) is 0 Å². The van der Waals surface area contributed by atoms with Crippen molar-refractivity contribution in [3.05, 3.63) is 78.4 Å². The molecule has 4 heteroatoms. The quantitative estimate of drug-likeness (QED) is 0.386. The van der Waals surface area contributed by atoms with Gasteiger partial charge in [0.25, 0.3) is 0 Å². The third-order valence-electron chi connectivity index (χ3n) is 6.09. The van der Waals surface area contributed by atoms with Crippen molar-refractivity contribution >= 4 is 16.9 Å². The maximum Gasteiger partial charge on any atom is 0.305 e. The number of nitrogens with zero attached hydrogens (tertiary/aromatic N) is 1. The zero-order chi connectivity index (χ0) is 21.4. The maximum atomic E-state index is 11.5. The zero-order valence-corrected chi connectivity index (χ0v) is 17.5. The largest absolute Gasteiger partial charge is 0.497 e. The number of hydrogen-bond acceptors (Lipinski definition) is 2. The van der Waals surface area contributed by atoms with Crippen LogP contribution in [0.25, 0.3) is 33.3 Å². The molecule has 1 fully saturated rings. The highest BCUT2D eigenvalue weighted by Crippen LogP contribution is 2.46. The van der Waals surface area contributed by atoms with Crippen molar-refractivity contribution in [3.63, 3.8) is 0 Å². The number of aryl methyl sites for hydroxylation is 1. The molecule has 156 valence electrons. The van der Waals surface area contributed by atoms with Crippen molar-refractivity contribution in [2.24, 2.45) is 0 Å². The Morgan fingerprint density at radius 3 is 2.48 bits per heavy atom. The summed E-state index contributed by atoms with van der Waals surface area (Å²) in [7, 11) is 1.67. The minimum Gasteiger partial charge on any atom is -0.497 e. The molecule has 1 aliphatic carbocycles. The fraction of sp³-hybridized carbons (Fsp3) is 0.222. The molecule has 0 spiro atoms. The summed E-state index contributed by atoms with van der Waals surface area (Å²) in [6.45, 7) is 0.411. The summed E-state index contributed by atoms with van der Waals surface area (Å²) in [5.41, 5.74) is 6.78. The minimum absolute atomic E-state index is 0.0688. The van der Waals surface area contributed by atoms with Crippen LogP contribution in [0.4, 0.5) is 0 Å². The summed E-state index contributed by atoms with van der Waals surface area (Å²) in [5, 5.41) is 10.6. The first-order chi connectivity index (χ1) is 15.2. The Bertz CT molecular complexity index is 1250. The number of carbonyl (C=O) groups is 1. The highest BCUT2D eigenvalue weighted by molar-refractivity contribution is 6.05. The van der Waals surface area contributed by atoms with E-state index in [1.165, 1.54) is 23.8 Å².